The van der Waals surface area contributed by atoms with Crippen LogP contribution in [0.1, 0.15) is 5.69 Å². The lowest BCUT2D eigenvalue weighted by Gasteiger charge is -2.10. The van der Waals surface area contributed by atoms with Gasteiger partial charge >= 0.3 is 0 Å². The summed E-state index contributed by atoms with van der Waals surface area (Å²) < 4.78 is 6.99. The van der Waals surface area contributed by atoms with Gasteiger partial charge < -0.3 is 4.74 Å². The number of aryl methyl sites for hydroxylation is 1. The minimum absolute atomic E-state index is 0.0224. The number of nitrogens with zero attached hydrogens (tertiary/aromatic N) is 4. The van der Waals surface area contributed by atoms with Crippen LogP contribution in [-0.4, -0.2) is 20.0 Å². The van der Waals surface area contributed by atoms with Crippen molar-refractivity contribution in [3.05, 3.63) is 70.6 Å². The highest BCUT2D eigenvalue weighted by molar-refractivity contribution is 5.84. The van der Waals surface area contributed by atoms with Crippen molar-refractivity contribution < 1.29 is 4.74 Å². The highest BCUT2D eigenvalue weighted by Gasteiger charge is 2.08. The zero-order chi connectivity index (χ0) is 16.5. The van der Waals surface area contributed by atoms with Gasteiger partial charge in [-0.15, -0.1) is 5.10 Å². The minimum Gasteiger partial charge on any atom is -0.469 e. The maximum Gasteiger partial charge on any atom is 0.280 e. The zero-order valence-electron chi connectivity index (χ0n) is 13.0. The molecule has 6 nitrogen and oxygen atoms in total. The quantitative estimate of drug-likeness (QED) is 0.581. The van der Waals surface area contributed by atoms with E-state index in [4.69, 9.17) is 4.74 Å². The molecule has 0 aliphatic heterocycles. The molecule has 6 heteroatoms. The largest absolute Gasteiger partial charge is 0.469 e. The first-order valence-electron chi connectivity index (χ1n) is 7.54. The number of pyridine rings is 1. The lowest BCUT2D eigenvalue weighted by atomic mass is 10.2. The van der Waals surface area contributed by atoms with Crippen molar-refractivity contribution in [2.24, 2.45) is 0 Å². The van der Waals surface area contributed by atoms with Crippen LogP contribution in [0.25, 0.3) is 21.8 Å². The first-order valence-corrected chi connectivity index (χ1v) is 7.54. The summed E-state index contributed by atoms with van der Waals surface area (Å²) in [7, 11) is 0. The van der Waals surface area contributed by atoms with Crippen molar-refractivity contribution >= 4 is 21.8 Å². The first-order chi connectivity index (χ1) is 11.7. The van der Waals surface area contributed by atoms with Crippen LogP contribution in [0.15, 0.2) is 59.4 Å². The Morgan fingerprint density at radius 1 is 1.04 bits per heavy atom. The zero-order valence-corrected chi connectivity index (χ0v) is 13.0. The molecule has 24 heavy (non-hydrogen) atoms. The molecule has 118 valence electrons. The van der Waals surface area contributed by atoms with E-state index in [1.807, 2.05) is 43.3 Å². The van der Waals surface area contributed by atoms with Crippen LogP contribution in [0.3, 0.4) is 0 Å². The average molecular weight is 318 g/mol. The van der Waals surface area contributed by atoms with E-state index < -0.39 is 0 Å². The van der Waals surface area contributed by atoms with Crippen LogP contribution in [-0.2, 0) is 6.73 Å². The predicted octanol–water partition coefficient (Wildman–Crippen LogP) is 2.68. The average Bonchev–Trinajstić information content (AvgIpc) is 2.61. The molecule has 0 unspecified atom stereocenters. The highest BCUT2D eigenvalue weighted by atomic mass is 16.5. The number of rotatable bonds is 3. The van der Waals surface area contributed by atoms with E-state index in [0.717, 1.165) is 16.6 Å². The highest BCUT2D eigenvalue weighted by Crippen LogP contribution is 2.24. The Balaban J connectivity index is 1.70. The van der Waals surface area contributed by atoms with E-state index >= 15 is 0 Å². The van der Waals surface area contributed by atoms with E-state index in [9.17, 15) is 4.79 Å². The summed E-state index contributed by atoms with van der Waals surface area (Å²) in [6, 6.07) is 16.7. The van der Waals surface area contributed by atoms with Crippen LogP contribution < -0.4 is 10.3 Å². The molecular weight excluding hydrogens is 304 g/mol. The van der Waals surface area contributed by atoms with Gasteiger partial charge in [0.05, 0.1) is 5.39 Å². The number of fused-ring (bicyclic) bond motifs is 2. The third-order valence-corrected chi connectivity index (χ3v) is 3.79. The fourth-order valence-electron chi connectivity index (χ4n) is 2.57. The van der Waals surface area contributed by atoms with Crippen LogP contribution in [0.5, 0.6) is 5.75 Å². The third kappa shape index (κ3) is 2.48. The van der Waals surface area contributed by atoms with Gasteiger partial charge in [0.25, 0.3) is 5.56 Å². The molecule has 0 fully saturated rings. The van der Waals surface area contributed by atoms with Gasteiger partial charge in [0.15, 0.2) is 6.73 Å². The molecular formula is C18H14N4O2. The van der Waals surface area contributed by atoms with Crippen molar-refractivity contribution in [3.63, 3.8) is 0 Å². The topological polar surface area (TPSA) is 69.9 Å². The normalized spacial score (nSPS) is 11.0. The molecule has 0 aliphatic rings. The molecule has 0 radical (unpaired) electrons. The molecule has 0 N–H and O–H groups in total. The van der Waals surface area contributed by atoms with Crippen molar-refractivity contribution in [3.8, 4) is 5.75 Å². The summed E-state index contributed by atoms with van der Waals surface area (Å²) in [5, 5.41) is 9.47. The summed E-state index contributed by atoms with van der Waals surface area (Å²) in [4.78, 5) is 16.9. The first kappa shape index (κ1) is 14.3. The summed E-state index contributed by atoms with van der Waals surface area (Å²) >= 11 is 0. The lowest BCUT2D eigenvalue weighted by molar-refractivity contribution is 0.213. The Bertz CT molecular complexity index is 1100. The van der Waals surface area contributed by atoms with E-state index in [2.05, 4.69) is 15.3 Å². The van der Waals surface area contributed by atoms with Crippen LogP contribution in [0.2, 0.25) is 0 Å². The maximum absolute atomic E-state index is 12.4. The minimum atomic E-state index is -0.232. The molecule has 0 amide bonds. The summed E-state index contributed by atoms with van der Waals surface area (Å²) in [5.41, 5.74) is 2.01. The number of ether oxygens (including phenoxy) is 1. The lowest BCUT2D eigenvalue weighted by Crippen LogP contribution is -2.26. The van der Waals surface area contributed by atoms with Gasteiger partial charge in [0.2, 0.25) is 0 Å². The second kappa shape index (κ2) is 5.73. The van der Waals surface area contributed by atoms with Gasteiger partial charge in [-0.25, -0.2) is 4.98 Å². The van der Waals surface area contributed by atoms with Crippen LogP contribution in [0, 0.1) is 6.92 Å². The molecule has 4 rings (SSSR count). The number of hydrogen-bond acceptors (Lipinski definition) is 5. The molecule has 0 saturated heterocycles. The number of hydrogen-bond donors (Lipinski definition) is 0. The summed E-state index contributed by atoms with van der Waals surface area (Å²) in [6.07, 6.45) is 0. The second-order valence-corrected chi connectivity index (χ2v) is 5.47. The van der Waals surface area contributed by atoms with Crippen molar-refractivity contribution in [1.82, 2.24) is 20.0 Å². The molecule has 0 atom stereocenters. The van der Waals surface area contributed by atoms with E-state index in [-0.39, 0.29) is 12.3 Å². The van der Waals surface area contributed by atoms with Gasteiger partial charge in [-0.1, -0.05) is 35.5 Å². The SMILES string of the molecule is Cc1ccc2cccc(OCn3nnc4ccccc4c3=O)c2n1. The predicted molar refractivity (Wildman–Crippen MR) is 90.9 cm³/mol. The van der Waals surface area contributed by atoms with Gasteiger partial charge in [-0.3, -0.25) is 4.79 Å². The maximum atomic E-state index is 12.4. The summed E-state index contributed by atoms with van der Waals surface area (Å²) in [6.45, 7) is 1.90. The standard InChI is InChI=1S/C18H14N4O2/c1-12-9-10-13-5-4-8-16(17(13)19-12)24-11-22-18(23)14-6-2-3-7-15(14)20-21-22/h2-10H,11H2,1H3. The Morgan fingerprint density at radius 3 is 2.83 bits per heavy atom. The molecule has 0 spiro atoms. The van der Waals surface area contributed by atoms with E-state index in [1.54, 1.807) is 18.2 Å². The van der Waals surface area contributed by atoms with Crippen molar-refractivity contribution in [2.75, 3.05) is 0 Å². The fraction of sp³-hybridized carbons (Fsp3) is 0.111. The van der Waals surface area contributed by atoms with Gasteiger partial charge in [-0.05, 0) is 31.2 Å². The molecule has 2 heterocycles. The Hall–Kier alpha value is -3.28. The van der Waals surface area contributed by atoms with E-state index in [1.165, 1.54) is 4.68 Å². The number of para-hydroxylation sites is 1. The molecule has 0 aliphatic carbocycles. The smallest absolute Gasteiger partial charge is 0.280 e. The number of benzene rings is 2. The van der Waals surface area contributed by atoms with E-state index in [0.29, 0.717) is 16.7 Å². The number of aromatic nitrogens is 4. The fourth-order valence-corrected chi connectivity index (χ4v) is 2.57. The van der Waals surface area contributed by atoms with Crippen LogP contribution >= 0.6 is 0 Å². The molecule has 2 aromatic carbocycles. The van der Waals surface area contributed by atoms with Crippen molar-refractivity contribution in [2.45, 2.75) is 13.7 Å². The monoisotopic (exact) mass is 318 g/mol. The van der Waals surface area contributed by atoms with Gasteiger partial charge in [-0.2, -0.15) is 4.68 Å². The second-order valence-electron chi connectivity index (χ2n) is 5.47. The van der Waals surface area contributed by atoms with Gasteiger partial charge in [0.1, 0.15) is 16.8 Å². The van der Waals surface area contributed by atoms with Gasteiger partial charge in [0, 0.05) is 11.1 Å². The molecule has 0 saturated carbocycles. The molecule has 2 aromatic heterocycles. The summed E-state index contributed by atoms with van der Waals surface area (Å²) in [5.74, 6) is 0.609. The Kier molecular flexibility index (Phi) is 3.42. The molecule has 4 aromatic rings. The van der Waals surface area contributed by atoms with Crippen molar-refractivity contribution in [1.29, 1.82) is 0 Å². The molecule has 0 bridgehead atoms. The van der Waals surface area contributed by atoms with Crippen LogP contribution in [0.4, 0.5) is 0 Å². The third-order valence-electron chi connectivity index (χ3n) is 3.79. The Morgan fingerprint density at radius 2 is 1.92 bits per heavy atom. The Labute approximate surface area is 137 Å².